The molecular weight excluding hydrogens is 464 g/mol. The van der Waals surface area contributed by atoms with Gasteiger partial charge in [0.15, 0.2) is 5.13 Å². The maximum Gasteiger partial charge on any atom is 0.324 e. The van der Waals surface area contributed by atoms with Gasteiger partial charge in [-0.2, -0.15) is 0 Å². The van der Waals surface area contributed by atoms with E-state index in [9.17, 15) is 4.79 Å². The molecule has 0 spiro atoms. The normalized spacial score (nSPS) is 24.9. The SMILES string of the molecule is COC(=N)c1ccc(Sc2cnc(NC(=O)N(C3CCC(C)CC3)C3CCC(C)CC3)s2)cc1. The summed E-state index contributed by atoms with van der Waals surface area (Å²) in [7, 11) is 1.50. The molecule has 2 aromatic rings. The van der Waals surface area contributed by atoms with Gasteiger partial charge in [0.2, 0.25) is 5.90 Å². The van der Waals surface area contributed by atoms with Crippen molar-refractivity contribution in [2.75, 3.05) is 12.4 Å². The van der Waals surface area contributed by atoms with Gasteiger partial charge in [-0.1, -0.05) is 36.9 Å². The van der Waals surface area contributed by atoms with Gasteiger partial charge in [0.25, 0.3) is 0 Å². The average molecular weight is 501 g/mol. The van der Waals surface area contributed by atoms with E-state index in [4.69, 9.17) is 10.1 Å². The van der Waals surface area contributed by atoms with Gasteiger partial charge in [0, 0.05) is 22.5 Å². The molecule has 0 unspecified atom stereocenters. The number of benzene rings is 1. The molecule has 1 aromatic heterocycles. The molecule has 184 valence electrons. The number of carbonyl (C=O) groups is 1. The Labute approximate surface area is 211 Å². The van der Waals surface area contributed by atoms with Crippen molar-refractivity contribution in [1.82, 2.24) is 9.88 Å². The molecule has 2 saturated carbocycles. The second-order valence-electron chi connectivity index (χ2n) is 9.81. The first-order valence-corrected chi connectivity index (χ1v) is 14.0. The van der Waals surface area contributed by atoms with Crippen molar-refractivity contribution in [3.05, 3.63) is 36.0 Å². The Bertz CT molecular complexity index is 939. The highest BCUT2D eigenvalue weighted by Crippen LogP contribution is 2.36. The summed E-state index contributed by atoms with van der Waals surface area (Å²) in [6.45, 7) is 4.65. The fourth-order valence-electron chi connectivity index (χ4n) is 5.10. The summed E-state index contributed by atoms with van der Waals surface area (Å²) in [5, 5.41) is 11.5. The van der Waals surface area contributed by atoms with E-state index in [0.29, 0.717) is 17.2 Å². The molecule has 2 fully saturated rings. The minimum absolute atomic E-state index is 0.0208. The second-order valence-corrected chi connectivity index (χ2v) is 12.2. The zero-order valence-electron chi connectivity index (χ0n) is 20.4. The van der Waals surface area contributed by atoms with Gasteiger partial charge in [0.1, 0.15) is 0 Å². The Morgan fingerprint density at radius 2 is 1.59 bits per heavy atom. The van der Waals surface area contributed by atoms with Crippen LogP contribution in [-0.2, 0) is 4.74 Å². The first kappa shape index (κ1) is 25.0. The number of ether oxygens (including phenoxy) is 1. The Kier molecular flexibility index (Phi) is 8.53. The van der Waals surface area contributed by atoms with Gasteiger partial charge >= 0.3 is 6.03 Å². The third kappa shape index (κ3) is 6.33. The zero-order valence-corrected chi connectivity index (χ0v) is 22.0. The number of aromatic nitrogens is 1. The van der Waals surface area contributed by atoms with Crippen molar-refractivity contribution >= 4 is 40.2 Å². The number of hydrogen-bond donors (Lipinski definition) is 2. The lowest BCUT2D eigenvalue weighted by Crippen LogP contribution is -2.51. The van der Waals surface area contributed by atoms with Crippen LogP contribution in [0.3, 0.4) is 0 Å². The van der Waals surface area contributed by atoms with E-state index >= 15 is 0 Å². The number of thiazole rings is 1. The summed E-state index contributed by atoms with van der Waals surface area (Å²) < 4.78 is 6.00. The van der Waals surface area contributed by atoms with Crippen molar-refractivity contribution in [2.45, 2.75) is 86.4 Å². The molecule has 0 atom stereocenters. The molecule has 0 bridgehead atoms. The molecule has 0 radical (unpaired) electrons. The molecular formula is C26H36N4O2S2. The predicted molar refractivity (Wildman–Crippen MR) is 140 cm³/mol. The molecule has 2 amide bonds. The van der Waals surface area contributed by atoms with Gasteiger partial charge in [-0.05, 0) is 87.5 Å². The van der Waals surface area contributed by atoms with Gasteiger partial charge in [0.05, 0.1) is 17.5 Å². The van der Waals surface area contributed by atoms with Crippen molar-refractivity contribution in [3.63, 3.8) is 0 Å². The van der Waals surface area contributed by atoms with Crippen LogP contribution in [0, 0.1) is 17.2 Å². The summed E-state index contributed by atoms with van der Waals surface area (Å²) in [5.41, 5.74) is 0.749. The van der Waals surface area contributed by atoms with Crippen LogP contribution in [0.1, 0.15) is 70.8 Å². The molecule has 2 N–H and O–H groups in total. The van der Waals surface area contributed by atoms with Crippen LogP contribution in [0.4, 0.5) is 9.93 Å². The largest absolute Gasteiger partial charge is 0.481 e. The number of nitrogens with one attached hydrogen (secondary N) is 2. The van der Waals surface area contributed by atoms with Crippen LogP contribution in [0.15, 0.2) is 39.6 Å². The Morgan fingerprint density at radius 3 is 2.12 bits per heavy atom. The number of amides is 2. The van der Waals surface area contributed by atoms with Crippen LogP contribution in [-0.4, -0.2) is 41.0 Å². The van der Waals surface area contributed by atoms with E-state index < -0.39 is 0 Å². The second kappa shape index (κ2) is 11.6. The molecule has 4 rings (SSSR count). The summed E-state index contributed by atoms with van der Waals surface area (Å²) in [6, 6.07) is 8.41. The molecule has 0 aliphatic heterocycles. The minimum Gasteiger partial charge on any atom is -0.481 e. The minimum atomic E-state index is 0.0208. The zero-order chi connectivity index (χ0) is 24.1. The highest BCUT2D eigenvalue weighted by molar-refractivity contribution is 8.01. The lowest BCUT2D eigenvalue weighted by atomic mass is 9.82. The topological polar surface area (TPSA) is 78.3 Å². The van der Waals surface area contributed by atoms with E-state index in [1.54, 1.807) is 11.8 Å². The van der Waals surface area contributed by atoms with Crippen molar-refractivity contribution < 1.29 is 9.53 Å². The predicted octanol–water partition coefficient (Wildman–Crippen LogP) is 7.26. The molecule has 0 saturated heterocycles. The first-order valence-electron chi connectivity index (χ1n) is 12.4. The van der Waals surface area contributed by atoms with Crippen molar-refractivity contribution in [3.8, 4) is 0 Å². The summed E-state index contributed by atoms with van der Waals surface area (Å²) in [5.74, 6) is 1.68. The number of hydrogen-bond acceptors (Lipinski definition) is 6. The quantitative estimate of drug-likeness (QED) is 0.323. The maximum absolute atomic E-state index is 13.5. The highest BCUT2D eigenvalue weighted by atomic mass is 32.2. The molecule has 2 aliphatic rings. The van der Waals surface area contributed by atoms with Crippen molar-refractivity contribution in [2.24, 2.45) is 11.8 Å². The van der Waals surface area contributed by atoms with E-state index in [1.807, 2.05) is 30.5 Å². The Hall–Kier alpha value is -2.06. The smallest absolute Gasteiger partial charge is 0.324 e. The summed E-state index contributed by atoms with van der Waals surface area (Å²) >= 11 is 3.12. The van der Waals surface area contributed by atoms with Crippen LogP contribution in [0.2, 0.25) is 0 Å². The number of methoxy groups -OCH3 is 1. The average Bonchev–Trinajstić information content (AvgIpc) is 3.28. The Morgan fingerprint density at radius 1 is 1.03 bits per heavy atom. The van der Waals surface area contributed by atoms with Crippen LogP contribution in [0.25, 0.3) is 0 Å². The lowest BCUT2D eigenvalue weighted by molar-refractivity contribution is 0.0975. The van der Waals surface area contributed by atoms with Crippen molar-refractivity contribution in [1.29, 1.82) is 5.41 Å². The third-order valence-electron chi connectivity index (χ3n) is 7.23. The van der Waals surface area contributed by atoms with Gasteiger partial charge in [-0.25, -0.2) is 9.78 Å². The summed E-state index contributed by atoms with van der Waals surface area (Å²) in [6.07, 6.45) is 11.1. The lowest BCUT2D eigenvalue weighted by Gasteiger charge is -2.43. The number of carbonyl (C=O) groups excluding carboxylic acids is 1. The van der Waals surface area contributed by atoms with E-state index in [-0.39, 0.29) is 11.9 Å². The number of urea groups is 1. The molecule has 2 aliphatic carbocycles. The molecule has 8 heteroatoms. The molecule has 34 heavy (non-hydrogen) atoms. The molecule has 1 aromatic carbocycles. The molecule has 6 nitrogen and oxygen atoms in total. The van der Waals surface area contributed by atoms with E-state index in [1.165, 1.54) is 44.1 Å². The first-order chi connectivity index (χ1) is 16.4. The number of anilines is 1. The fraction of sp³-hybridized carbons (Fsp3) is 0.577. The monoisotopic (exact) mass is 500 g/mol. The maximum atomic E-state index is 13.5. The fourth-order valence-corrected chi connectivity index (χ4v) is 6.94. The molecule has 1 heterocycles. The highest BCUT2D eigenvalue weighted by Gasteiger charge is 2.35. The Balaban J connectivity index is 1.41. The number of nitrogens with zero attached hydrogens (tertiary/aromatic N) is 2. The van der Waals surface area contributed by atoms with Crippen LogP contribution in [0.5, 0.6) is 0 Å². The summed E-state index contributed by atoms with van der Waals surface area (Å²) in [4.78, 5) is 21.3. The van der Waals surface area contributed by atoms with E-state index in [0.717, 1.165) is 52.2 Å². The van der Waals surface area contributed by atoms with Gasteiger partial charge in [-0.15, -0.1) is 0 Å². The van der Waals surface area contributed by atoms with E-state index in [2.05, 4.69) is 29.0 Å². The van der Waals surface area contributed by atoms with Crippen LogP contribution < -0.4 is 5.32 Å². The van der Waals surface area contributed by atoms with Crippen LogP contribution >= 0.6 is 23.1 Å². The standard InChI is InChI=1S/C26H36N4O2S2/c1-17-4-10-20(11-5-17)30(21-12-6-18(2)7-13-21)26(31)29-25-28-16-23(34-25)33-22-14-8-19(9-15-22)24(27)32-3/h8-9,14-18,20-21,27H,4-7,10-13H2,1-3H3,(H,28,29,31). The van der Waals surface area contributed by atoms with Gasteiger partial charge < -0.3 is 9.64 Å². The van der Waals surface area contributed by atoms with Gasteiger partial charge in [-0.3, -0.25) is 10.7 Å². The number of rotatable bonds is 6. The third-order valence-corrected chi connectivity index (χ3v) is 9.25.